The third-order valence-electron chi connectivity index (χ3n) is 2.46. The van der Waals surface area contributed by atoms with E-state index in [9.17, 15) is 9.59 Å². The predicted octanol–water partition coefficient (Wildman–Crippen LogP) is 0.228. The van der Waals surface area contributed by atoms with Gasteiger partial charge < -0.3 is 11.5 Å². The van der Waals surface area contributed by atoms with E-state index in [4.69, 9.17) is 11.5 Å². The fraction of sp³-hybridized carbons (Fsp3) is 0.818. The van der Waals surface area contributed by atoms with Crippen LogP contribution in [0.5, 0.6) is 0 Å². The summed E-state index contributed by atoms with van der Waals surface area (Å²) in [6, 6.07) is -0.368. The molecule has 5 nitrogen and oxygen atoms in total. The Hall–Kier alpha value is -1.10. The second-order valence-electron chi connectivity index (χ2n) is 3.96. The molecule has 0 aliphatic heterocycles. The lowest BCUT2D eigenvalue weighted by Crippen LogP contribution is -2.46. The molecule has 0 rings (SSSR count). The van der Waals surface area contributed by atoms with Crippen molar-refractivity contribution in [1.82, 2.24) is 4.90 Å². The van der Waals surface area contributed by atoms with Gasteiger partial charge in [0.05, 0.1) is 6.04 Å². The lowest BCUT2D eigenvalue weighted by atomic mass is 10.1. The van der Waals surface area contributed by atoms with E-state index in [1.165, 1.54) is 0 Å². The van der Waals surface area contributed by atoms with Crippen LogP contribution in [0.25, 0.3) is 0 Å². The standard InChI is InChI=1S/C11H23N3O2/c1-3-7-14(8-4-2)9(11(13)16)5-6-10(12)15/h9H,3-8H2,1-2H3,(H2,12,15)(H2,13,16)/t9-/m1/s1. The molecule has 0 fully saturated rings. The number of carbonyl (C=O) groups excluding carboxylic acids is 2. The van der Waals surface area contributed by atoms with E-state index in [0.717, 1.165) is 25.9 Å². The van der Waals surface area contributed by atoms with Gasteiger partial charge in [0.2, 0.25) is 11.8 Å². The van der Waals surface area contributed by atoms with Crippen molar-refractivity contribution >= 4 is 11.8 Å². The molecule has 94 valence electrons. The van der Waals surface area contributed by atoms with Crippen LogP contribution in [0.2, 0.25) is 0 Å². The molecule has 0 radical (unpaired) electrons. The Morgan fingerprint density at radius 2 is 1.62 bits per heavy atom. The van der Waals surface area contributed by atoms with Crippen LogP contribution in [-0.4, -0.2) is 35.8 Å². The van der Waals surface area contributed by atoms with Crippen molar-refractivity contribution < 1.29 is 9.59 Å². The van der Waals surface area contributed by atoms with Crippen LogP contribution < -0.4 is 11.5 Å². The number of carbonyl (C=O) groups is 2. The van der Waals surface area contributed by atoms with E-state index in [2.05, 4.69) is 13.8 Å². The van der Waals surface area contributed by atoms with Crippen molar-refractivity contribution in [3.05, 3.63) is 0 Å². The number of hydrogen-bond acceptors (Lipinski definition) is 3. The first kappa shape index (κ1) is 14.9. The van der Waals surface area contributed by atoms with Gasteiger partial charge in [-0.3, -0.25) is 14.5 Å². The van der Waals surface area contributed by atoms with Gasteiger partial charge in [0.1, 0.15) is 0 Å². The molecule has 5 heteroatoms. The van der Waals surface area contributed by atoms with Gasteiger partial charge in [-0.2, -0.15) is 0 Å². The monoisotopic (exact) mass is 229 g/mol. The summed E-state index contributed by atoms with van der Waals surface area (Å²) in [5, 5.41) is 0. The van der Waals surface area contributed by atoms with Crippen molar-refractivity contribution in [2.24, 2.45) is 11.5 Å². The number of primary amides is 2. The number of nitrogens with two attached hydrogens (primary N) is 2. The Bertz CT molecular complexity index is 225. The Kier molecular flexibility index (Phi) is 7.54. The highest BCUT2D eigenvalue weighted by Crippen LogP contribution is 2.08. The molecule has 0 heterocycles. The lowest BCUT2D eigenvalue weighted by molar-refractivity contribution is -0.124. The molecule has 0 bridgehead atoms. The molecule has 0 saturated carbocycles. The van der Waals surface area contributed by atoms with Crippen molar-refractivity contribution in [3.8, 4) is 0 Å². The summed E-state index contributed by atoms with van der Waals surface area (Å²) in [4.78, 5) is 24.1. The van der Waals surface area contributed by atoms with Gasteiger partial charge >= 0.3 is 0 Å². The fourth-order valence-corrected chi connectivity index (χ4v) is 1.78. The van der Waals surface area contributed by atoms with Gasteiger partial charge in [-0.1, -0.05) is 13.8 Å². The van der Waals surface area contributed by atoms with Crippen molar-refractivity contribution in [1.29, 1.82) is 0 Å². The minimum atomic E-state index is -0.390. The first-order valence-corrected chi connectivity index (χ1v) is 5.84. The van der Waals surface area contributed by atoms with Crippen molar-refractivity contribution in [3.63, 3.8) is 0 Å². The molecule has 0 aromatic carbocycles. The van der Waals surface area contributed by atoms with E-state index in [1.807, 2.05) is 4.90 Å². The van der Waals surface area contributed by atoms with Gasteiger partial charge in [0, 0.05) is 6.42 Å². The van der Waals surface area contributed by atoms with Crippen LogP contribution in [0.15, 0.2) is 0 Å². The molecule has 0 aromatic rings. The van der Waals surface area contributed by atoms with Crippen LogP contribution in [0.3, 0.4) is 0 Å². The van der Waals surface area contributed by atoms with Crippen LogP contribution in [0.4, 0.5) is 0 Å². The van der Waals surface area contributed by atoms with Gasteiger partial charge in [0.25, 0.3) is 0 Å². The van der Waals surface area contributed by atoms with E-state index < -0.39 is 0 Å². The second-order valence-corrected chi connectivity index (χ2v) is 3.96. The van der Waals surface area contributed by atoms with Crippen LogP contribution in [-0.2, 0) is 9.59 Å². The molecule has 0 unspecified atom stereocenters. The number of rotatable bonds is 9. The van der Waals surface area contributed by atoms with Crippen LogP contribution >= 0.6 is 0 Å². The molecule has 16 heavy (non-hydrogen) atoms. The summed E-state index contributed by atoms with van der Waals surface area (Å²) in [6.07, 6.45) is 2.54. The van der Waals surface area contributed by atoms with Gasteiger partial charge in [0.15, 0.2) is 0 Å². The average Bonchev–Trinajstić information content (AvgIpc) is 2.17. The first-order valence-electron chi connectivity index (χ1n) is 5.84. The highest BCUT2D eigenvalue weighted by Gasteiger charge is 2.22. The minimum Gasteiger partial charge on any atom is -0.370 e. The second kappa shape index (κ2) is 8.10. The van der Waals surface area contributed by atoms with Gasteiger partial charge in [-0.05, 0) is 32.4 Å². The summed E-state index contributed by atoms with van der Waals surface area (Å²) in [6.45, 7) is 5.74. The van der Waals surface area contributed by atoms with E-state index in [0.29, 0.717) is 6.42 Å². The predicted molar refractivity (Wildman–Crippen MR) is 63.6 cm³/mol. The molecule has 1 atom stereocenters. The largest absolute Gasteiger partial charge is 0.370 e. The molecule has 0 aliphatic carbocycles. The number of hydrogen-bond donors (Lipinski definition) is 2. The quantitative estimate of drug-likeness (QED) is 0.593. The Morgan fingerprint density at radius 1 is 1.12 bits per heavy atom. The molecule has 0 saturated heterocycles. The average molecular weight is 229 g/mol. The van der Waals surface area contributed by atoms with E-state index in [1.54, 1.807) is 0 Å². The zero-order chi connectivity index (χ0) is 12.6. The molecule has 2 amide bonds. The van der Waals surface area contributed by atoms with E-state index >= 15 is 0 Å². The minimum absolute atomic E-state index is 0.206. The summed E-state index contributed by atoms with van der Waals surface area (Å²) < 4.78 is 0. The summed E-state index contributed by atoms with van der Waals surface area (Å²) in [5.41, 5.74) is 10.4. The number of amides is 2. The maximum absolute atomic E-state index is 11.3. The maximum atomic E-state index is 11.3. The molecule has 0 spiro atoms. The molecular weight excluding hydrogens is 206 g/mol. The SMILES string of the molecule is CCCN(CCC)[C@H](CCC(N)=O)C(N)=O. The zero-order valence-corrected chi connectivity index (χ0v) is 10.2. The molecular formula is C11H23N3O2. The van der Waals surface area contributed by atoms with E-state index in [-0.39, 0.29) is 24.3 Å². The Labute approximate surface area is 97.2 Å². The smallest absolute Gasteiger partial charge is 0.234 e. The Morgan fingerprint density at radius 3 is 1.94 bits per heavy atom. The van der Waals surface area contributed by atoms with Crippen LogP contribution in [0.1, 0.15) is 39.5 Å². The fourth-order valence-electron chi connectivity index (χ4n) is 1.78. The summed E-state index contributed by atoms with van der Waals surface area (Å²) in [7, 11) is 0. The topological polar surface area (TPSA) is 89.4 Å². The molecule has 0 aromatic heterocycles. The van der Waals surface area contributed by atoms with Gasteiger partial charge in [-0.15, -0.1) is 0 Å². The van der Waals surface area contributed by atoms with Crippen LogP contribution in [0, 0.1) is 0 Å². The van der Waals surface area contributed by atoms with Crippen molar-refractivity contribution in [2.75, 3.05) is 13.1 Å². The van der Waals surface area contributed by atoms with Crippen molar-refractivity contribution in [2.45, 2.75) is 45.6 Å². The Balaban J connectivity index is 4.43. The maximum Gasteiger partial charge on any atom is 0.234 e. The number of nitrogens with zero attached hydrogens (tertiary/aromatic N) is 1. The first-order chi connectivity index (χ1) is 7.52. The normalized spacial score (nSPS) is 12.7. The highest BCUT2D eigenvalue weighted by molar-refractivity contribution is 5.81. The molecule has 4 N–H and O–H groups in total. The summed E-state index contributed by atoms with van der Waals surface area (Å²) >= 11 is 0. The zero-order valence-electron chi connectivity index (χ0n) is 10.2. The molecule has 0 aliphatic rings. The summed E-state index contributed by atoms with van der Waals surface area (Å²) in [5.74, 6) is -0.762. The third-order valence-corrected chi connectivity index (χ3v) is 2.46. The third kappa shape index (κ3) is 5.70. The highest BCUT2D eigenvalue weighted by atomic mass is 16.2. The van der Waals surface area contributed by atoms with Gasteiger partial charge in [-0.25, -0.2) is 0 Å². The lowest BCUT2D eigenvalue weighted by Gasteiger charge is -2.28.